The van der Waals surface area contributed by atoms with Gasteiger partial charge in [0.2, 0.25) is 21.8 Å². The molecule has 2 aromatic rings. The summed E-state index contributed by atoms with van der Waals surface area (Å²) in [6.07, 6.45) is 0.383. The molecule has 2 aromatic carbocycles. The highest BCUT2D eigenvalue weighted by molar-refractivity contribution is 7.89. The second-order valence-corrected chi connectivity index (χ2v) is 7.65. The fourth-order valence-corrected chi connectivity index (χ4v) is 3.85. The van der Waals surface area contributed by atoms with Gasteiger partial charge in [0, 0.05) is 19.4 Å². The maximum absolute atomic E-state index is 12.5. The number of carbonyl (C=O) groups is 2. The number of nitrogens with zero attached hydrogens (tertiary/aromatic N) is 1. The number of sulfonamides is 1. The van der Waals surface area contributed by atoms with Crippen molar-refractivity contribution >= 4 is 27.5 Å². The van der Waals surface area contributed by atoms with Crippen LogP contribution in [0.4, 0.5) is 5.69 Å². The minimum atomic E-state index is -3.69. The zero-order valence-corrected chi connectivity index (χ0v) is 14.5. The summed E-state index contributed by atoms with van der Waals surface area (Å²) < 4.78 is 27.5. The van der Waals surface area contributed by atoms with E-state index in [-0.39, 0.29) is 36.1 Å². The van der Waals surface area contributed by atoms with E-state index in [1.54, 1.807) is 6.92 Å². The van der Waals surface area contributed by atoms with Crippen molar-refractivity contribution in [3.05, 3.63) is 59.7 Å². The molecule has 0 radical (unpaired) electrons. The summed E-state index contributed by atoms with van der Waals surface area (Å²) in [6, 6.07) is 13.6. The van der Waals surface area contributed by atoms with Gasteiger partial charge in [0.05, 0.1) is 10.6 Å². The van der Waals surface area contributed by atoms with Crippen molar-refractivity contribution in [2.24, 2.45) is 0 Å². The normalized spacial score (nSPS) is 15.0. The van der Waals surface area contributed by atoms with Crippen LogP contribution in [0.1, 0.15) is 24.0 Å². The SMILES string of the molecule is Cc1cc(S(=O)(=O)NCc2ccccc2)ccc1N1C(=O)CCC1=O. The molecule has 0 spiro atoms. The lowest BCUT2D eigenvalue weighted by molar-refractivity contribution is -0.121. The van der Waals surface area contributed by atoms with E-state index in [1.807, 2.05) is 30.3 Å². The van der Waals surface area contributed by atoms with Gasteiger partial charge in [-0.2, -0.15) is 0 Å². The van der Waals surface area contributed by atoms with Gasteiger partial charge in [-0.05, 0) is 36.2 Å². The third kappa shape index (κ3) is 3.62. The number of benzene rings is 2. The first kappa shape index (κ1) is 17.3. The van der Waals surface area contributed by atoms with E-state index in [0.29, 0.717) is 11.3 Å². The van der Waals surface area contributed by atoms with Gasteiger partial charge < -0.3 is 0 Å². The molecule has 6 nitrogen and oxygen atoms in total. The van der Waals surface area contributed by atoms with Crippen molar-refractivity contribution in [1.82, 2.24) is 4.72 Å². The maximum Gasteiger partial charge on any atom is 0.240 e. The lowest BCUT2D eigenvalue weighted by Crippen LogP contribution is -2.29. The van der Waals surface area contributed by atoms with Crippen LogP contribution in [0.15, 0.2) is 53.4 Å². The van der Waals surface area contributed by atoms with E-state index in [4.69, 9.17) is 0 Å². The summed E-state index contributed by atoms with van der Waals surface area (Å²) in [5.41, 5.74) is 1.85. The van der Waals surface area contributed by atoms with Crippen LogP contribution < -0.4 is 9.62 Å². The standard InChI is InChI=1S/C18H18N2O4S/c1-13-11-15(7-8-16(13)20-17(21)9-10-18(20)22)25(23,24)19-12-14-5-3-2-4-6-14/h2-8,11,19H,9-10,12H2,1H3. The molecule has 0 unspecified atom stereocenters. The van der Waals surface area contributed by atoms with Crippen molar-refractivity contribution in [3.63, 3.8) is 0 Å². The molecule has 0 saturated carbocycles. The van der Waals surface area contributed by atoms with Crippen LogP contribution in [0.2, 0.25) is 0 Å². The Labute approximate surface area is 146 Å². The topological polar surface area (TPSA) is 83.6 Å². The number of nitrogens with one attached hydrogen (secondary N) is 1. The number of hydrogen-bond donors (Lipinski definition) is 1. The van der Waals surface area contributed by atoms with E-state index in [0.717, 1.165) is 10.5 Å². The summed E-state index contributed by atoms with van der Waals surface area (Å²) in [6.45, 7) is 1.87. The molecule has 0 aromatic heterocycles. The second kappa shape index (κ2) is 6.78. The van der Waals surface area contributed by atoms with Crippen molar-refractivity contribution in [1.29, 1.82) is 0 Å². The Balaban J connectivity index is 1.82. The highest BCUT2D eigenvalue weighted by Crippen LogP contribution is 2.28. The van der Waals surface area contributed by atoms with Gasteiger partial charge in [0.15, 0.2) is 0 Å². The molecule has 1 heterocycles. The lowest BCUT2D eigenvalue weighted by Gasteiger charge is -2.17. The number of carbonyl (C=O) groups excluding carboxylic acids is 2. The first-order valence-electron chi connectivity index (χ1n) is 7.88. The molecule has 1 aliphatic heterocycles. The van der Waals surface area contributed by atoms with Gasteiger partial charge in [-0.3, -0.25) is 14.5 Å². The average Bonchev–Trinajstić information content (AvgIpc) is 2.93. The van der Waals surface area contributed by atoms with Crippen molar-refractivity contribution in [2.75, 3.05) is 4.90 Å². The van der Waals surface area contributed by atoms with Crippen LogP contribution in [0.25, 0.3) is 0 Å². The molecule has 1 saturated heterocycles. The largest absolute Gasteiger partial charge is 0.274 e. The minimum Gasteiger partial charge on any atom is -0.274 e. The van der Waals surface area contributed by atoms with Crippen LogP contribution in [-0.4, -0.2) is 20.2 Å². The number of hydrogen-bond acceptors (Lipinski definition) is 4. The molecule has 3 rings (SSSR count). The van der Waals surface area contributed by atoms with Crippen molar-refractivity contribution < 1.29 is 18.0 Å². The van der Waals surface area contributed by atoms with E-state index in [1.165, 1.54) is 18.2 Å². The Hall–Kier alpha value is -2.51. The quantitative estimate of drug-likeness (QED) is 0.830. The van der Waals surface area contributed by atoms with E-state index in [2.05, 4.69) is 4.72 Å². The molecule has 0 bridgehead atoms. The number of rotatable bonds is 5. The molecule has 2 amide bonds. The molecular weight excluding hydrogens is 340 g/mol. The lowest BCUT2D eigenvalue weighted by atomic mass is 10.2. The van der Waals surface area contributed by atoms with Crippen LogP contribution in [-0.2, 0) is 26.2 Å². The molecule has 1 fully saturated rings. The first-order chi connectivity index (χ1) is 11.9. The van der Waals surface area contributed by atoms with Crippen LogP contribution in [0, 0.1) is 6.92 Å². The Kier molecular flexibility index (Phi) is 4.69. The number of amides is 2. The molecule has 130 valence electrons. The highest BCUT2D eigenvalue weighted by Gasteiger charge is 2.31. The monoisotopic (exact) mass is 358 g/mol. The molecule has 1 N–H and O–H groups in total. The summed E-state index contributed by atoms with van der Waals surface area (Å²) >= 11 is 0. The maximum atomic E-state index is 12.5. The zero-order valence-electron chi connectivity index (χ0n) is 13.7. The highest BCUT2D eigenvalue weighted by atomic mass is 32.2. The van der Waals surface area contributed by atoms with Gasteiger partial charge in [0.25, 0.3) is 0 Å². The van der Waals surface area contributed by atoms with Gasteiger partial charge in [-0.1, -0.05) is 30.3 Å². The van der Waals surface area contributed by atoms with E-state index >= 15 is 0 Å². The fourth-order valence-electron chi connectivity index (χ4n) is 2.75. The smallest absolute Gasteiger partial charge is 0.240 e. The zero-order chi connectivity index (χ0) is 18.0. The summed E-state index contributed by atoms with van der Waals surface area (Å²) in [5, 5.41) is 0. The van der Waals surface area contributed by atoms with E-state index in [9.17, 15) is 18.0 Å². The third-order valence-electron chi connectivity index (χ3n) is 4.08. The van der Waals surface area contributed by atoms with Gasteiger partial charge in [0.1, 0.15) is 0 Å². The molecule has 0 atom stereocenters. The summed E-state index contributed by atoms with van der Waals surface area (Å²) in [4.78, 5) is 24.9. The third-order valence-corrected chi connectivity index (χ3v) is 5.48. The average molecular weight is 358 g/mol. The Morgan fingerprint density at radius 3 is 2.24 bits per heavy atom. The van der Waals surface area contributed by atoms with Crippen LogP contribution in [0.3, 0.4) is 0 Å². The number of anilines is 1. The molecule has 1 aliphatic rings. The molecule has 7 heteroatoms. The van der Waals surface area contributed by atoms with E-state index < -0.39 is 10.0 Å². The summed E-state index contributed by atoms with van der Waals surface area (Å²) in [5.74, 6) is -0.517. The molecule has 25 heavy (non-hydrogen) atoms. The predicted octanol–water partition coefficient (Wildman–Crippen LogP) is 2.13. The van der Waals surface area contributed by atoms with Gasteiger partial charge in [-0.15, -0.1) is 0 Å². The number of aryl methyl sites for hydroxylation is 1. The fraction of sp³-hybridized carbons (Fsp3) is 0.222. The second-order valence-electron chi connectivity index (χ2n) is 5.88. The Morgan fingerprint density at radius 2 is 1.64 bits per heavy atom. The predicted molar refractivity (Wildman–Crippen MR) is 93.4 cm³/mol. The van der Waals surface area contributed by atoms with Crippen LogP contribution in [0.5, 0.6) is 0 Å². The Bertz CT molecular complexity index is 907. The molecule has 0 aliphatic carbocycles. The van der Waals surface area contributed by atoms with Crippen LogP contribution >= 0.6 is 0 Å². The van der Waals surface area contributed by atoms with Crippen molar-refractivity contribution in [3.8, 4) is 0 Å². The minimum absolute atomic E-state index is 0.101. The van der Waals surface area contributed by atoms with Gasteiger partial charge >= 0.3 is 0 Å². The molecular formula is C18H18N2O4S. The van der Waals surface area contributed by atoms with Gasteiger partial charge in [-0.25, -0.2) is 13.1 Å². The summed E-state index contributed by atoms with van der Waals surface area (Å²) in [7, 11) is -3.69. The van der Waals surface area contributed by atoms with Crippen molar-refractivity contribution in [2.45, 2.75) is 31.2 Å². The number of imide groups is 1. The Morgan fingerprint density at radius 1 is 1.00 bits per heavy atom. The first-order valence-corrected chi connectivity index (χ1v) is 9.37.